The molecule has 1 aliphatic rings. The Balaban J connectivity index is 1.52. The first-order valence-electron chi connectivity index (χ1n) is 13.5. The van der Waals surface area contributed by atoms with Gasteiger partial charge < -0.3 is 14.6 Å². The lowest BCUT2D eigenvalue weighted by molar-refractivity contribution is -0.138. The van der Waals surface area contributed by atoms with Crippen molar-refractivity contribution in [3.8, 4) is 22.7 Å². The first-order chi connectivity index (χ1) is 19.6. The minimum atomic E-state index is -4.67. The zero-order valence-corrected chi connectivity index (χ0v) is 22.9. The summed E-state index contributed by atoms with van der Waals surface area (Å²) in [5, 5.41) is 6.06. The van der Waals surface area contributed by atoms with Crippen molar-refractivity contribution in [2.45, 2.75) is 39.9 Å². The summed E-state index contributed by atoms with van der Waals surface area (Å²) in [5.41, 5.74) is 5.09. The van der Waals surface area contributed by atoms with Gasteiger partial charge in [-0.15, -0.1) is 0 Å². The number of ether oxygens (including phenoxy) is 1. The third-order valence-corrected chi connectivity index (χ3v) is 7.32. The van der Waals surface area contributed by atoms with Crippen molar-refractivity contribution in [1.82, 2.24) is 19.7 Å². The lowest BCUT2D eigenvalue weighted by atomic mass is 9.98. The smallest absolute Gasteiger partial charge is 0.417 e. The van der Waals surface area contributed by atoms with Crippen molar-refractivity contribution in [2.24, 2.45) is 5.92 Å². The van der Waals surface area contributed by atoms with E-state index in [1.807, 2.05) is 60.3 Å². The molecule has 6 rings (SSSR count). The van der Waals surface area contributed by atoms with Gasteiger partial charge in [-0.2, -0.15) is 18.3 Å². The highest BCUT2D eigenvalue weighted by molar-refractivity contribution is 5.95. The standard InChI is InChI=1S/C31H29F4N5O/c1-18(2)17-41-27-9-4-6-19(3)28(27)40-29(22-7-5-8-25-21(22)10-12-36-25)23-16-39(13-11-26(23)38-40)30-24(32)14-20(15-37-30)31(33,34)35/h4-10,12,14-15,18,36H,11,13,16-17H2,1-3H3. The van der Waals surface area contributed by atoms with Crippen molar-refractivity contribution in [2.75, 3.05) is 18.1 Å². The van der Waals surface area contributed by atoms with Crippen molar-refractivity contribution in [3.05, 3.63) is 89.1 Å². The molecule has 2 aromatic carbocycles. The molecule has 5 aromatic rings. The fourth-order valence-corrected chi connectivity index (χ4v) is 5.38. The first-order valence-corrected chi connectivity index (χ1v) is 13.5. The number of aromatic nitrogens is 4. The Bertz CT molecular complexity index is 1740. The molecular weight excluding hydrogens is 534 g/mol. The van der Waals surface area contributed by atoms with Crippen LogP contribution in [-0.4, -0.2) is 32.9 Å². The molecule has 1 N–H and O–H groups in total. The van der Waals surface area contributed by atoms with Crippen LogP contribution in [0.1, 0.15) is 36.2 Å². The number of H-pyrrole nitrogens is 1. The van der Waals surface area contributed by atoms with Crippen molar-refractivity contribution in [3.63, 3.8) is 0 Å². The third-order valence-electron chi connectivity index (χ3n) is 7.32. The van der Waals surface area contributed by atoms with E-state index in [1.165, 1.54) is 0 Å². The predicted octanol–water partition coefficient (Wildman–Crippen LogP) is 7.48. The number of fused-ring (bicyclic) bond motifs is 2. The van der Waals surface area contributed by atoms with E-state index in [9.17, 15) is 13.2 Å². The second kappa shape index (κ2) is 10.2. The maximum absolute atomic E-state index is 15.0. The number of pyridine rings is 1. The summed E-state index contributed by atoms with van der Waals surface area (Å²) >= 11 is 0. The van der Waals surface area contributed by atoms with Crippen LogP contribution in [0.15, 0.2) is 60.9 Å². The lowest BCUT2D eigenvalue weighted by Crippen LogP contribution is -2.32. The Morgan fingerprint density at radius 2 is 1.90 bits per heavy atom. The van der Waals surface area contributed by atoms with Crippen LogP contribution in [0.5, 0.6) is 5.75 Å². The number of hydrogen-bond acceptors (Lipinski definition) is 4. The van der Waals surface area contributed by atoms with Gasteiger partial charge >= 0.3 is 6.18 Å². The van der Waals surface area contributed by atoms with Crippen LogP contribution in [0.25, 0.3) is 27.8 Å². The van der Waals surface area contributed by atoms with E-state index in [-0.39, 0.29) is 12.4 Å². The zero-order valence-electron chi connectivity index (χ0n) is 22.9. The number of anilines is 1. The van der Waals surface area contributed by atoms with Gasteiger partial charge in [0.25, 0.3) is 0 Å². The van der Waals surface area contributed by atoms with Crippen molar-refractivity contribution < 1.29 is 22.3 Å². The monoisotopic (exact) mass is 563 g/mol. The highest BCUT2D eigenvalue weighted by Gasteiger charge is 2.34. The van der Waals surface area contributed by atoms with Crippen LogP contribution in [0, 0.1) is 18.7 Å². The molecule has 3 aromatic heterocycles. The number of benzene rings is 2. The van der Waals surface area contributed by atoms with Crippen LogP contribution < -0.4 is 9.64 Å². The SMILES string of the molecule is Cc1cccc(OCC(C)C)c1-n1nc2c(c1-c1cccc3[nH]ccc13)CN(c1ncc(C(F)(F)F)cc1F)CC2. The molecule has 0 fully saturated rings. The molecule has 0 spiro atoms. The minimum absolute atomic E-state index is 0.112. The molecule has 10 heteroatoms. The normalized spacial score (nSPS) is 13.7. The average molecular weight is 564 g/mol. The number of aromatic amines is 1. The summed E-state index contributed by atoms with van der Waals surface area (Å²) in [7, 11) is 0. The van der Waals surface area contributed by atoms with Gasteiger partial charge in [-0.25, -0.2) is 14.1 Å². The zero-order chi connectivity index (χ0) is 28.9. The molecule has 0 radical (unpaired) electrons. The van der Waals surface area contributed by atoms with Gasteiger partial charge in [-0.05, 0) is 42.7 Å². The number of nitrogens with zero attached hydrogens (tertiary/aromatic N) is 4. The molecule has 0 aliphatic carbocycles. The van der Waals surface area contributed by atoms with E-state index in [4.69, 9.17) is 9.84 Å². The maximum Gasteiger partial charge on any atom is 0.417 e. The fraction of sp³-hybridized carbons (Fsp3) is 0.290. The molecule has 0 amide bonds. The van der Waals surface area contributed by atoms with Crippen LogP contribution >= 0.6 is 0 Å². The van der Waals surface area contributed by atoms with E-state index < -0.39 is 17.6 Å². The Kier molecular flexibility index (Phi) is 6.71. The van der Waals surface area contributed by atoms with Gasteiger partial charge in [-0.3, -0.25) is 0 Å². The minimum Gasteiger partial charge on any atom is -0.491 e. The molecule has 0 saturated carbocycles. The number of halogens is 4. The highest BCUT2D eigenvalue weighted by atomic mass is 19.4. The fourth-order valence-electron chi connectivity index (χ4n) is 5.38. The van der Waals surface area contributed by atoms with Gasteiger partial charge in [0.2, 0.25) is 0 Å². The van der Waals surface area contributed by atoms with Crippen LogP contribution in [0.4, 0.5) is 23.4 Å². The van der Waals surface area contributed by atoms with Gasteiger partial charge in [0, 0.05) is 53.9 Å². The molecule has 41 heavy (non-hydrogen) atoms. The van der Waals surface area contributed by atoms with E-state index in [1.54, 1.807) is 4.90 Å². The average Bonchev–Trinajstić information content (AvgIpc) is 3.55. The Morgan fingerprint density at radius 1 is 1.10 bits per heavy atom. The van der Waals surface area contributed by atoms with E-state index in [0.717, 1.165) is 44.7 Å². The van der Waals surface area contributed by atoms with Crippen LogP contribution in [0.2, 0.25) is 0 Å². The van der Waals surface area contributed by atoms with Gasteiger partial charge in [0.1, 0.15) is 11.4 Å². The second-order valence-corrected chi connectivity index (χ2v) is 10.8. The number of rotatable bonds is 6. The van der Waals surface area contributed by atoms with E-state index in [2.05, 4.69) is 23.8 Å². The molecule has 0 unspecified atom stereocenters. The van der Waals surface area contributed by atoms with Gasteiger partial charge in [0.05, 0.1) is 23.6 Å². The number of nitrogens with one attached hydrogen (secondary N) is 1. The van der Waals surface area contributed by atoms with Crippen LogP contribution in [-0.2, 0) is 19.1 Å². The summed E-state index contributed by atoms with van der Waals surface area (Å²) in [4.78, 5) is 8.84. The number of para-hydroxylation sites is 1. The Hall–Kier alpha value is -4.34. The molecule has 212 valence electrons. The molecule has 0 bridgehead atoms. The quantitative estimate of drug-likeness (QED) is 0.218. The van der Waals surface area contributed by atoms with Crippen LogP contribution in [0.3, 0.4) is 0 Å². The number of alkyl halides is 3. The van der Waals surface area contributed by atoms with Gasteiger partial charge in [0.15, 0.2) is 11.6 Å². The molecule has 0 saturated heterocycles. The predicted molar refractivity (Wildman–Crippen MR) is 150 cm³/mol. The van der Waals surface area contributed by atoms with E-state index in [0.29, 0.717) is 43.5 Å². The largest absolute Gasteiger partial charge is 0.491 e. The van der Waals surface area contributed by atoms with Gasteiger partial charge in [-0.1, -0.05) is 38.1 Å². The summed E-state index contributed by atoms with van der Waals surface area (Å²) in [6.45, 7) is 7.30. The van der Waals surface area contributed by atoms with Crippen molar-refractivity contribution >= 4 is 16.7 Å². The summed E-state index contributed by atoms with van der Waals surface area (Å²) in [6.07, 6.45) is -1.65. The second-order valence-electron chi connectivity index (χ2n) is 10.8. The topological polar surface area (TPSA) is 59.0 Å². The maximum atomic E-state index is 15.0. The van der Waals surface area contributed by atoms with E-state index >= 15 is 4.39 Å². The molecular formula is C31H29F4N5O. The van der Waals surface area contributed by atoms with Crippen molar-refractivity contribution in [1.29, 1.82) is 0 Å². The third kappa shape index (κ3) is 4.92. The Labute approximate surface area is 234 Å². The molecule has 6 nitrogen and oxygen atoms in total. The molecule has 1 aliphatic heterocycles. The Morgan fingerprint density at radius 3 is 2.66 bits per heavy atom. The highest BCUT2D eigenvalue weighted by Crippen LogP contribution is 2.40. The summed E-state index contributed by atoms with van der Waals surface area (Å²) < 4.78 is 62.7. The lowest BCUT2D eigenvalue weighted by Gasteiger charge is -2.28. The summed E-state index contributed by atoms with van der Waals surface area (Å²) in [6, 6.07) is 14.4. The first kappa shape index (κ1) is 26.9. The molecule has 0 atom stereocenters. The number of aryl methyl sites for hydroxylation is 1. The molecule has 4 heterocycles. The summed E-state index contributed by atoms with van der Waals surface area (Å²) in [5.74, 6) is -0.0948. The number of hydrogen-bond donors (Lipinski definition) is 1.